The molecule has 3 atom stereocenters. The first-order chi connectivity index (χ1) is 11.1. The van der Waals surface area contributed by atoms with Crippen LogP contribution in [0.3, 0.4) is 0 Å². The largest absolute Gasteiger partial charge is 0.375 e. The Balaban J connectivity index is 1.75. The van der Waals surface area contributed by atoms with Crippen molar-refractivity contribution in [1.29, 1.82) is 0 Å². The Morgan fingerprint density at radius 2 is 1.96 bits per heavy atom. The molecule has 1 N–H and O–H groups in total. The lowest BCUT2D eigenvalue weighted by atomic mass is 9.77. The number of nitro benzene ring substituents is 1. The van der Waals surface area contributed by atoms with Gasteiger partial charge in [-0.15, -0.1) is 0 Å². The van der Waals surface area contributed by atoms with E-state index >= 15 is 0 Å². The molecule has 1 aliphatic carbocycles. The molecule has 2 aromatic carbocycles. The molecule has 2 aromatic rings. The topological polar surface area (TPSA) is 55.2 Å². The second-order valence-corrected chi connectivity index (χ2v) is 6.03. The summed E-state index contributed by atoms with van der Waals surface area (Å²) >= 11 is 0. The van der Waals surface area contributed by atoms with Crippen molar-refractivity contribution in [2.24, 2.45) is 5.92 Å². The number of nitro groups is 1. The first-order valence-corrected chi connectivity index (χ1v) is 7.61. The molecule has 0 fully saturated rings. The van der Waals surface area contributed by atoms with E-state index in [4.69, 9.17) is 0 Å². The fraction of sp³-hybridized carbons (Fsp3) is 0.222. The van der Waals surface area contributed by atoms with Gasteiger partial charge in [-0.05, 0) is 29.5 Å². The zero-order chi connectivity index (χ0) is 16.0. The zero-order valence-electron chi connectivity index (χ0n) is 12.3. The first-order valence-electron chi connectivity index (χ1n) is 7.61. The Hall–Kier alpha value is -2.69. The summed E-state index contributed by atoms with van der Waals surface area (Å²) in [5.74, 6) is 0.223. The Morgan fingerprint density at radius 1 is 1.17 bits per heavy atom. The molecule has 2 aliphatic rings. The highest BCUT2D eigenvalue weighted by molar-refractivity contribution is 5.60. The van der Waals surface area contributed by atoms with Crippen LogP contribution < -0.4 is 5.32 Å². The van der Waals surface area contributed by atoms with Crippen LogP contribution in [0.4, 0.5) is 15.8 Å². The number of para-hydroxylation sites is 1. The monoisotopic (exact) mass is 310 g/mol. The third-order valence-electron chi connectivity index (χ3n) is 4.81. The Bertz CT molecular complexity index is 801. The van der Waals surface area contributed by atoms with E-state index in [2.05, 4.69) is 17.5 Å². The molecule has 0 aromatic heterocycles. The van der Waals surface area contributed by atoms with Crippen LogP contribution in [0.1, 0.15) is 29.5 Å². The SMILES string of the molecule is O=[N+]([O-])c1ccc(C2Nc3c(F)cccc3C3C=CCC32)cc1. The van der Waals surface area contributed by atoms with Gasteiger partial charge in [0.25, 0.3) is 5.69 Å². The predicted octanol–water partition coefficient (Wildman–Crippen LogP) is 4.56. The number of nitrogens with zero attached hydrogens (tertiary/aromatic N) is 1. The fourth-order valence-electron chi connectivity index (χ4n) is 3.72. The minimum absolute atomic E-state index is 0.0554. The van der Waals surface area contributed by atoms with E-state index in [1.165, 1.54) is 18.2 Å². The molecule has 0 spiro atoms. The van der Waals surface area contributed by atoms with Gasteiger partial charge in [-0.3, -0.25) is 10.1 Å². The third kappa shape index (κ3) is 2.20. The van der Waals surface area contributed by atoms with E-state index in [-0.39, 0.29) is 23.5 Å². The highest BCUT2D eigenvalue weighted by Crippen LogP contribution is 2.50. The fourth-order valence-corrected chi connectivity index (χ4v) is 3.72. The van der Waals surface area contributed by atoms with Crippen LogP contribution in [0.2, 0.25) is 0 Å². The molecule has 5 heteroatoms. The number of allylic oxidation sites excluding steroid dienone is 2. The number of hydrogen-bond donors (Lipinski definition) is 1. The zero-order valence-corrected chi connectivity index (χ0v) is 12.3. The van der Waals surface area contributed by atoms with Gasteiger partial charge in [0.2, 0.25) is 0 Å². The van der Waals surface area contributed by atoms with Crippen molar-refractivity contribution in [3.63, 3.8) is 0 Å². The van der Waals surface area contributed by atoms with Gasteiger partial charge in [0, 0.05) is 18.1 Å². The van der Waals surface area contributed by atoms with E-state index in [9.17, 15) is 14.5 Å². The molecule has 4 rings (SSSR count). The summed E-state index contributed by atoms with van der Waals surface area (Å²) in [6, 6.07) is 11.6. The van der Waals surface area contributed by atoms with Crippen molar-refractivity contribution in [2.75, 3.05) is 5.32 Å². The maximum atomic E-state index is 14.2. The van der Waals surface area contributed by atoms with Gasteiger partial charge in [-0.25, -0.2) is 4.39 Å². The predicted molar refractivity (Wildman–Crippen MR) is 85.8 cm³/mol. The normalized spacial score (nSPS) is 24.7. The first kappa shape index (κ1) is 13.9. The maximum Gasteiger partial charge on any atom is 0.269 e. The Kier molecular flexibility index (Phi) is 3.15. The summed E-state index contributed by atoms with van der Waals surface area (Å²) in [5.41, 5.74) is 2.55. The maximum absolute atomic E-state index is 14.2. The van der Waals surface area contributed by atoms with Crippen LogP contribution in [-0.4, -0.2) is 4.92 Å². The molecule has 0 bridgehead atoms. The summed E-state index contributed by atoms with van der Waals surface area (Å²) < 4.78 is 14.2. The lowest BCUT2D eigenvalue weighted by Gasteiger charge is -2.37. The van der Waals surface area contributed by atoms with E-state index in [1.807, 2.05) is 6.07 Å². The molecule has 0 saturated carbocycles. The van der Waals surface area contributed by atoms with Crippen LogP contribution in [0.15, 0.2) is 54.6 Å². The average Bonchev–Trinajstić information content (AvgIpc) is 3.04. The molecular formula is C18H15FN2O2. The molecule has 0 radical (unpaired) electrons. The highest BCUT2D eigenvalue weighted by atomic mass is 19.1. The summed E-state index contributed by atoms with van der Waals surface area (Å²) in [7, 11) is 0. The van der Waals surface area contributed by atoms with Gasteiger partial charge in [0.15, 0.2) is 0 Å². The number of rotatable bonds is 2. The van der Waals surface area contributed by atoms with E-state index in [1.54, 1.807) is 18.2 Å². The van der Waals surface area contributed by atoms with Crippen LogP contribution in [-0.2, 0) is 0 Å². The highest BCUT2D eigenvalue weighted by Gasteiger charge is 2.38. The lowest BCUT2D eigenvalue weighted by Crippen LogP contribution is -2.29. The standard InChI is InChI=1S/C18H15FN2O2/c19-16-6-2-5-15-13-3-1-4-14(13)17(20-18(15)16)11-7-9-12(10-8-11)21(22)23/h1-3,5-10,13-14,17,20H,4H2. The van der Waals surface area contributed by atoms with Crippen LogP contribution in [0, 0.1) is 21.8 Å². The second-order valence-electron chi connectivity index (χ2n) is 6.03. The molecule has 0 amide bonds. The number of nitrogens with one attached hydrogen (secondary N) is 1. The van der Waals surface area contributed by atoms with E-state index in [0.29, 0.717) is 11.6 Å². The molecular weight excluding hydrogens is 295 g/mol. The average molecular weight is 310 g/mol. The van der Waals surface area contributed by atoms with Crippen LogP contribution >= 0.6 is 0 Å². The lowest BCUT2D eigenvalue weighted by molar-refractivity contribution is -0.384. The number of fused-ring (bicyclic) bond motifs is 3. The summed E-state index contributed by atoms with van der Waals surface area (Å²) in [5, 5.41) is 14.1. The Morgan fingerprint density at radius 3 is 2.70 bits per heavy atom. The number of hydrogen-bond acceptors (Lipinski definition) is 3. The summed E-state index contributed by atoms with van der Waals surface area (Å²) in [6.07, 6.45) is 5.19. The van der Waals surface area contributed by atoms with Crippen LogP contribution in [0.5, 0.6) is 0 Å². The van der Waals surface area contributed by atoms with Gasteiger partial charge >= 0.3 is 0 Å². The molecule has 0 saturated heterocycles. The third-order valence-corrected chi connectivity index (χ3v) is 4.81. The van der Waals surface area contributed by atoms with Crippen LogP contribution in [0.25, 0.3) is 0 Å². The molecule has 23 heavy (non-hydrogen) atoms. The van der Waals surface area contributed by atoms with Gasteiger partial charge in [0.05, 0.1) is 16.7 Å². The van der Waals surface area contributed by atoms with Gasteiger partial charge in [-0.2, -0.15) is 0 Å². The van der Waals surface area contributed by atoms with Crippen molar-refractivity contribution < 1.29 is 9.31 Å². The molecule has 3 unspecified atom stereocenters. The Labute approximate surface area is 132 Å². The number of halogens is 1. The minimum atomic E-state index is -0.410. The van der Waals surface area contributed by atoms with Crippen molar-refractivity contribution in [3.8, 4) is 0 Å². The smallest absolute Gasteiger partial charge is 0.269 e. The molecule has 1 heterocycles. The van der Waals surface area contributed by atoms with Crippen molar-refractivity contribution >= 4 is 11.4 Å². The van der Waals surface area contributed by atoms with Crippen molar-refractivity contribution in [2.45, 2.75) is 18.4 Å². The second kappa shape index (κ2) is 5.19. The van der Waals surface area contributed by atoms with Crippen molar-refractivity contribution in [3.05, 3.63) is 81.7 Å². The molecule has 116 valence electrons. The number of benzene rings is 2. The molecule has 1 aliphatic heterocycles. The summed E-state index contributed by atoms with van der Waals surface area (Å²) in [4.78, 5) is 10.4. The number of anilines is 1. The van der Waals surface area contributed by atoms with Gasteiger partial charge in [0.1, 0.15) is 5.82 Å². The van der Waals surface area contributed by atoms with E-state index < -0.39 is 4.92 Å². The minimum Gasteiger partial charge on any atom is -0.375 e. The molecule has 4 nitrogen and oxygen atoms in total. The van der Waals surface area contributed by atoms with E-state index in [0.717, 1.165) is 17.5 Å². The number of non-ortho nitro benzene ring substituents is 1. The van der Waals surface area contributed by atoms with Crippen molar-refractivity contribution in [1.82, 2.24) is 0 Å². The van der Waals surface area contributed by atoms with Gasteiger partial charge in [-0.1, -0.05) is 36.4 Å². The summed E-state index contributed by atoms with van der Waals surface area (Å²) in [6.45, 7) is 0. The quantitative estimate of drug-likeness (QED) is 0.502. The van der Waals surface area contributed by atoms with Gasteiger partial charge < -0.3 is 5.32 Å².